The molecule has 2 N–H and O–H groups in total. The van der Waals surface area contributed by atoms with E-state index in [2.05, 4.69) is 21.2 Å². The number of carbonyl (C=O) groups is 1. The van der Waals surface area contributed by atoms with Crippen LogP contribution in [-0.4, -0.2) is 17.1 Å². The Morgan fingerprint density at radius 2 is 2.31 bits per heavy atom. The van der Waals surface area contributed by atoms with Gasteiger partial charge in [0.2, 0.25) is 0 Å². The second-order valence-electron chi connectivity index (χ2n) is 3.10. The standard InChI is InChI=1S/C10H8BrFN2O2/c1-5(10(15)16)14-7-3-2-6(4-13)8(11)9(7)12/h2-3,5,14H,1H3,(H,15,16). The van der Waals surface area contributed by atoms with Crippen molar-refractivity contribution >= 4 is 27.6 Å². The van der Waals surface area contributed by atoms with Crippen LogP contribution < -0.4 is 5.32 Å². The molecule has 0 bridgehead atoms. The van der Waals surface area contributed by atoms with Gasteiger partial charge in [-0.15, -0.1) is 0 Å². The molecule has 1 aromatic rings. The van der Waals surface area contributed by atoms with Crippen LogP contribution in [0, 0.1) is 17.1 Å². The average Bonchev–Trinajstić information content (AvgIpc) is 2.25. The number of carboxylic acid groups (broad SMARTS) is 1. The zero-order chi connectivity index (χ0) is 12.3. The minimum absolute atomic E-state index is 0.0255. The van der Waals surface area contributed by atoms with Crippen molar-refractivity contribution in [3.63, 3.8) is 0 Å². The van der Waals surface area contributed by atoms with Gasteiger partial charge >= 0.3 is 5.97 Å². The third-order valence-electron chi connectivity index (χ3n) is 1.95. The van der Waals surface area contributed by atoms with Gasteiger partial charge in [0.25, 0.3) is 0 Å². The quantitative estimate of drug-likeness (QED) is 0.895. The Morgan fingerprint density at radius 3 is 2.81 bits per heavy atom. The number of nitrogens with zero attached hydrogens (tertiary/aromatic N) is 1. The van der Waals surface area contributed by atoms with Crippen LogP contribution in [0.25, 0.3) is 0 Å². The number of nitrogens with one attached hydrogen (secondary N) is 1. The molecule has 0 radical (unpaired) electrons. The Balaban J connectivity index is 3.05. The number of anilines is 1. The van der Waals surface area contributed by atoms with E-state index in [-0.39, 0.29) is 15.7 Å². The molecular formula is C10H8BrFN2O2. The van der Waals surface area contributed by atoms with Gasteiger partial charge in [-0.05, 0) is 35.0 Å². The molecule has 16 heavy (non-hydrogen) atoms. The molecule has 0 saturated heterocycles. The normalized spacial score (nSPS) is 11.6. The van der Waals surface area contributed by atoms with Crippen LogP contribution in [0.15, 0.2) is 16.6 Å². The summed E-state index contributed by atoms with van der Waals surface area (Å²) in [5.74, 6) is -1.76. The highest BCUT2D eigenvalue weighted by atomic mass is 79.9. The van der Waals surface area contributed by atoms with Crippen LogP contribution in [0.3, 0.4) is 0 Å². The van der Waals surface area contributed by atoms with Crippen LogP contribution in [0.5, 0.6) is 0 Å². The number of nitriles is 1. The van der Waals surface area contributed by atoms with E-state index < -0.39 is 17.8 Å². The lowest BCUT2D eigenvalue weighted by Crippen LogP contribution is -2.25. The molecule has 1 unspecified atom stereocenters. The minimum Gasteiger partial charge on any atom is -0.480 e. The molecule has 0 heterocycles. The molecule has 1 rings (SSSR count). The third-order valence-corrected chi connectivity index (χ3v) is 2.72. The number of aliphatic carboxylic acids is 1. The van der Waals surface area contributed by atoms with Crippen LogP contribution in [0.4, 0.5) is 10.1 Å². The van der Waals surface area contributed by atoms with E-state index in [4.69, 9.17) is 10.4 Å². The van der Waals surface area contributed by atoms with E-state index in [1.807, 2.05) is 6.07 Å². The maximum Gasteiger partial charge on any atom is 0.325 e. The van der Waals surface area contributed by atoms with E-state index in [0.29, 0.717) is 0 Å². The molecule has 0 aliphatic carbocycles. The van der Waals surface area contributed by atoms with Crippen LogP contribution in [-0.2, 0) is 4.79 Å². The first-order valence-corrected chi connectivity index (χ1v) is 5.14. The van der Waals surface area contributed by atoms with Crippen LogP contribution in [0.2, 0.25) is 0 Å². The molecule has 0 spiro atoms. The van der Waals surface area contributed by atoms with E-state index >= 15 is 0 Å². The first-order chi connectivity index (χ1) is 7.47. The van der Waals surface area contributed by atoms with Crippen molar-refractivity contribution < 1.29 is 14.3 Å². The van der Waals surface area contributed by atoms with Gasteiger partial charge in [0.15, 0.2) is 5.82 Å². The molecule has 0 aliphatic heterocycles. The average molecular weight is 287 g/mol. The number of hydrogen-bond donors (Lipinski definition) is 2. The largest absolute Gasteiger partial charge is 0.480 e. The van der Waals surface area contributed by atoms with Crippen molar-refractivity contribution in [2.75, 3.05) is 5.32 Å². The highest BCUT2D eigenvalue weighted by Crippen LogP contribution is 2.26. The van der Waals surface area contributed by atoms with Crippen LogP contribution >= 0.6 is 15.9 Å². The van der Waals surface area contributed by atoms with E-state index in [9.17, 15) is 9.18 Å². The highest BCUT2D eigenvalue weighted by molar-refractivity contribution is 9.10. The van der Waals surface area contributed by atoms with Crippen molar-refractivity contribution in [3.8, 4) is 6.07 Å². The molecule has 0 saturated carbocycles. The summed E-state index contributed by atoms with van der Waals surface area (Å²) in [4.78, 5) is 10.6. The van der Waals surface area contributed by atoms with Gasteiger partial charge in [0.1, 0.15) is 12.1 Å². The van der Waals surface area contributed by atoms with Gasteiger partial charge in [0.05, 0.1) is 15.7 Å². The van der Waals surface area contributed by atoms with E-state index in [1.165, 1.54) is 19.1 Å². The van der Waals surface area contributed by atoms with Crippen LogP contribution in [0.1, 0.15) is 12.5 Å². The monoisotopic (exact) mass is 286 g/mol. The lowest BCUT2D eigenvalue weighted by molar-refractivity contribution is -0.137. The molecule has 6 heteroatoms. The van der Waals surface area contributed by atoms with Crippen molar-refractivity contribution in [2.24, 2.45) is 0 Å². The summed E-state index contributed by atoms with van der Waals surface area (Å²) in [6.07, 6.45) is 0. The summed E-state index contributed by atoms with van der Waals surface area (Å²) < 4.78 is 13.6. The van der Waals surface area contributed by atoms with Crippen molar-refractivity contribution in [3.05, 3.63) is 28.0 Å². The van der Waals surface area contributed by atoms with Gasteiger partial charge in [-0.25, -0.2) is 4.39 Å². The van der Waals surface area contributed by atoms with Gasteiger partial charge in [0, 0.05) is 0 Å². The molecule has 1 atom stereocenters. The first-order valence-electron chi connectivity index (χ1n) is 4.34. The van der Waals surface area contributed by atoms with E-state index in [1.54, 1.807) is 0 Å². The minimum atomic E-state index is -1.08. The molecule has 1 aromatic carbocycles. The predicted octanol–water partition coefficient (Wildman–Crippen LogP) is 2.34. The molecule has 0 amide bonds. The number of carboxylic acids is 1. The summed E-state index contributed by atoms with van der Waals surface area (Å²) in [6, 6.07) is 3.64. The smallest absolute Gasteiger partial charge is 0.325 e. The predicted molar refractivity (Wildman–Crippen MR) is 59.5 cm³/mol. The number of rotatable bonds is 3. The summed E-state index contributed by atoms with van der Waals surface area (Å²) in [6.45, 7) is 1.40. The number of halogens is 2. The molecule has 0 aliphatic rings. The molecule has 0 fully saturated rings. The fourth-order valence-corrected chi connectivity index (χ4v) is 1.48. The van der Waals surface area contributed by atoms with Crippen molar-refractivity contribution in [1.29, 1.82) is 5.26 Å². The summed E-state index contributed by atoms with van der Waals surface area (Å²) in [5, 5.41) is 19.8. The van der Waals surface area contributed by atoms with Gasteiger partial charge in [-0.1, -0.05) is 0 Å². The maximum absolute atomic E-state index is 13.6. The summed E-state index contributed by atoms with van der Waals surface area (Å²) in [7, 11) is 0. The third kappa shape index (κ3) is 2.49. The number of hydrogen-bond acceptors (Lipinski definition) is 3. The zero-order valence-electron chi connectivity index (χ0n) is 8.29. The summed E-state index contributed by atoms with van der Waals surface area (Å²) >= 11 is 2.93. The maximum atomic E-state index is 13.6. The SMILES string of the molecule is CC(Nc1ccc(C#N)c(Br)c1F)C(=O)O. The Labute approximate surface area is 99.8 Å². The van der Waals surface area contributed by atoms with Gasteiger partial charge in [-0.3, -0.25) is 4.79 Å². The van der Waals surface area contributed by atoms with Crippen molar-refractivity contribution in [1.82, 2.24) is 0 Å². The lowest BCUT2D eigenvalue weighted by atomic mass is 10.2. The molecule has 4 nitrogen and oxygen atoms in total. The zero-order valence-corrected chi connectivity index (χ0v) is 9.88. The van der Waals surface area contributed by atoms with Gasteiger partial charge in [-0.2, -0.15) is 5.26 Å². The fraction of sp³-hybridized carbons (Fsp3) is 0.200. The topological polar surface area (TPSA) is 73.1 Å². The Morgan fingerprint density at radius 1 is 1.69 bits per heavy atom. The Kier molecular flexibility index (Phi) is 3.85. The lowest BCUT2D eigenvalue weighted by Gasteiger charge is -2.12. The molecular weight excluding hydrogens is 279 g/mol. The second kappa shape index (κ2) is 4.94. The Hall–Kier alpha value is -1.61. The molecule has 84 valence electrons. The van der Waals surface area contributed by atoms with Crippen molar-refractivity contribution in [2.45, 2.75) is 13.0 Å². The first kappa shape index (κ1) is 12.5. The second-order valence-corrected chi connectivity index (χ2v) is 3.90. The van der Waals surface area contributed by atoms with Gasteiger partial charge < -0.3 is 10.4 Å². The van der Waals surface area contributed by atoms with E-state index in [0.717, 1.165) is 0 Å². The summed E-state index contributed by atoms with van der Waals surface area (Å²) in [5.41, 5.74) is 0.201. The Bertz CT molecular complexity index is 471. The number of benzene rings is 1. The molecule has 0 aromatic heterocycles. The highest BCUT2D eigenvalue weighted by Gasteiger charge is 2.15. The fourth-order valence-electron chi connectivity index (χ4n) is 1.04.